The Labute approximate surface area is 180 Å². The summed E-state index contributed by atoms with van der Waals surface area (Å²) in [4.78, 5) is 11.6. The van der Waals surface area contributed by atoms with E-state index >= 15 is 0 Å². The maximum Gasteiger partial charge on any atom is 0.308 e. The topological polar surface area (TPSA) is 65.0 Å². The normalized spacial score (nSPS) is 18.5. The molecule has 1 fully saturated rings. The number of ether oxygens (including phenoxy) is 3. The van der Waals surface area contributed by atoms with Crippen molar-refractivity contribution in [2.24, 2.45) is 0 Å². The van der Waals surface area contributed by atoms with Crippen LogP contribution < -0.4 is 9.47 Å². The Morgan fingerprint density at radius 2 is 1.77 bits per heavy atom. The molecule has 2 aromatic rings. The molecule has 0 bridgehead atoms. The standard InChI is InChI=1S/C24H28F2O5/c1-2-4-16-11-19(26)12-17(5-3-10-29-21-8-6-18(25)7-9-21)24(16)30-15-22-13-20(27)14-23(28)31-22/h6-9,11-12,20,22,27H,2-5,10,13-15H2,1H3/t20-,22+/m1/s1. The largest absolute Gasteiger partial charge is 0.494 e. The molecule has 0 unspecified atom stereocenters. The van der Waals surface area contributed by atoms with Gasteiger partial charge in [-0.15, -0.1) is 0 Å². The number of halogens is 2. The molecular weight excluding hydrogens is 406 g/mol. The lowest BCUT2D eigenvalue weighted by Crippen LogP contribution is -2.36. The summed E-state index contributed by atoms with van der Waals surface area (Å²) in [5, 5.41) is 9.79. The van der Waals surface area contributed by atoms with Gasteiger partial charge < -0.3 is 19.3 Å². The van der Waals surface area contributed by atoms with Crippen molar-refractivity contribution >= 4 is 5.97 Å². The predicted octanol–water partition coefficient (Wildman–Crippen LogP) is 4.37. The van der Waals surface area contributed by atoms with Gasteiger partial charge in [0.1, 0.15) is 35.8 Å². The summed E-state index contributed by atoms with van der Waals surface area (Å²) in [5.74, 6) is 0.0688. The first-order valence-electron chi connectivity index (χ1n) is 10.6. The minimum absolute atomic E-state index is 0.00651. The van der Waals surface area contributed by atoms with Crippen LogP contribution in [0.5, 0.6) is 11.5 Å². The van der Waals surface area contributed by atoms with Crippen molar-refractivity contribution in [2.75, 3.05) is 13.2 Å². The van der Waals surface area contributed by atoms with Crippen molar-refractivity contribution in [3.8, 4) is 11.5 Å². The molecule has 31 heavy (non-hydrogen) atoms. The molecule has 0 aliphatic carbocycles. The minimum atomic E-state index is -0.735. The number of aliphatic hydroxyl groups excluding tert-OH is 1. The zero-order chi connectivity index (χ0) is 22.2. The molecule has 1 aliphatic rings. The van der Waals surface area contributed by atoms with Crippen LogP contribution in [-0.2, 0) is 22.4 Å². The van der Waals surface area contributed by atoms with Crippen LogP contribution in [0.1, 0.15) is 43.7 Å². The van der Waals surface area contributed by atoms with Gasteiger partial charge in [0, 0.05) is 6.42 Å². The molecule has 2 atom stereocenters. The number of esters is 1. The van der Waals surface area contributed by atoms with Crippen molar-refractivity contribution < 1.29 is 32.9 Å². The summed E-state index contributed by atoms with van der Waals surface area (Å²) in [5.41, 5.74) is 1.48. The van der Waals surface area contributed by atoms with E-state index in [4.69, 9.17) is 14.2 Å². The average Bonchev–Trinajstić information content (AvgIpc) is 2.71. The smallest absolute Gasteiger partial charge is 0.308 e. The van der Waals surface area contributed by atoms with Crippen molar-refractivity contribution in [3.63, 3.8) is 0 Å². The van der Waals surface area contributed by atoms with Crippen LogP contribution in [0.4, 0.5) is 8.78 Å². The van der Waals surface area contributed by atoms with Gasteiger partial charge in [-0.05, 0) is 66.8 Å². The summed E-state index contributed by atoms with van der Waals surface area (Å²) < 4.78 is 44.1. The average molecular weight is 434 g/mol. The van der Waals surface area contributed by atoms with Gasteiger partial charge in [0.2, 0.25) is 0 Å². The van der Waals surface area contributed by atoms with Gasteiger partial charge in [0.05, 0.1) is 19.1 Å². The van der Waals surface area contributed by atoms with Crippen LogP contribution in [0, 0.1) is 11.6 Å². The van der Waals surface area contributed by atoms with Crippen molar-refractivity contribution in [1.29, 1.82) is 0 Å². The summed E-state index contributed by atoms with van der Waals surface area (Å²) in [6, 6.07) is 8.71. The fraction of sp³-hybridized carbons (Fsp3) is 0.458. The fourth-order valence-corrected chi connectivity index (χ4v) is 3.66. The number of benzene rings is 2. The van der Waals surface area contributed by atoms with E-state index < -0.39 is 18.2 Å². The Bertz CT molecular complexity index is 869. The lowest BCUT2D eigenvalue weighted by molar-refractivity contribution is -0.162. The lowest BCUT2D eigenvalue weighted by atomic mass is 10.0. The van der Waals surface area contributed by atoms with Gasteiger partial charge in [-0.2, -0.15) is 0 Å². The number of cyclic esters (lactones) is 1. The third-order valence-corrected chi connectivity index (χ3v) is 5.05. The monoisotopic (exact) mass is 434 g/mol. The molecule has 1 N–H and O–H groups in total. The highest BCUT2D eigenvalue weighted by Crippen LogP contribution is 2.29. The number of carbonyl (C=O) groups excluding carboxylic acids is 1. The maximum atomic E-state index is 14.2. The van der Waals surface area contributed by atoms with E-state index in [2.05, 4.69) is 0 Å². The van der Waals surface area contributed by atoms with Gasteiger partial charge in [0.25, 0.3) is 0 Å². The number of hydrogen-bond donors (Lipinski definition) is 1. The molecule has 0 amide bonds. The molecule has 1 saturated heterocycles. The number of hydrogen-bond acceptors (Lipinski definition) is 5. The van der Waals surface area contributed by atoms with E-state index in [1.54, 1.807) is 12.1 Å². The van der Waals surface area contributed by atoms with E-state index in [-0.39, 0.29) is 24.7 Å². The predicted molar refractivity (Wildman–Crippen MR) is 111 cm³/mol. The fourth-order valence-electron chi connectivity index (χ4n) is 3.66. The first-order valence-corrected chi connectivity index (χ1v) is 10.6. The molecule has 5 nitrogen and oxygen atoms in total. The van der Waals surface area contributed by atoms with Crippen molar-refractivity contribution in [1.82, 2.24) is 0 Å². The van der Waals surface area contributed by atoms with Gasteiger partial charge in [0.15, 0.2) is 0 Å². The first-order chi connectivity index (χ1) is 14.9. The molecular formula is C24H28F2O5. The minimum Gasteiger partial charge on any atom is -0.494 e. The van der Waals surface area contributed by atoms with Gasteiger partial charge in [-0.25, -0.2) is 8.78 Å². The number of rotatable bonds is 10. The second-order valence-electron chi connectivity index (χ2n) is 7.73. The molecule has 7 heteroatoms. The Hall–Kier alpha value is -2.67. The summed E-state index contributed by atoms with van der Waals surface area (Å²) >= 11 is 0. The quantitative estimate of drug-likeness (QED) is 0.444. The maximum absolute atomic E-state index is 14.2. The Morgan fingerprint density at radius 3 is 2.45 bits per heavy atom. The van der Waals surface area contributed by atoms with E-state index in [0.717, 1.165) is 12.0 Å². The molecule has 1 aliphatic heterocycles. The summed E-state index contributed by atoms with van der Waals surface area (Å²) in [7, 11) is 0. The second kappa shape index (κ2) is 11.1. The summed E-state index contributed by atoms with van der Waals surface area (Å²) in [6.45, 7) is 2.49. The Balaban J connectivity index is 1.64. The number of carbonyl (C=O) groups is 1. The van der Waals surface area contributed by atoms with Gasteiger partial charge >= 0.3 is 5.97 Å². The van der Waals surface area contributed by atoms with Crippen LogP contribution >= 0.6 is 0 Å². The molecule has 0 aromatic heterocycles. The van der Waals surface area contributed by atoms with E-state index in [1.807, 2.05) is 6.92 Å². The van der Waals surface area contributed by atoms with Crippen molar-refractivity contribution in [2.45, 2.75) is 57.7 Å². The van der Waals surface area contributed by atoms with Gasteiger partial charge in [-0.1, -0.05) is 13.3 Å². The van der Waals surface area contributed by atoms with E-state index in [9.17, 15) is 18.7 Å². The Kier molecular flexibility index (Phi) is 8.23. The van der Waals surface area contributed by atoms with Crippen LogP contribution in [0.3, 0.4) is 0 Å². The molecule has 2 aromatic carbocycles. The molecule has 3 rings (SSSR count). The molecule has 0 saturated carbocycles. The molecule has 1 heterocycles. The third kappa shape index (κ3) is 6.92. The number of aliphatic hydroxyl groups is 1. The summed E-state index contributed by atoms with van der Waals surface area (Å²) in [6.07, 6.45) is 1.65. The highest BCUT2D eigenvalue weighted by Gasteiger charge is 2.28. The van der Waals surface area contributed by atoms with Crippen LogP contribution in [0.25, 0.3) is 0 Å². The molecule has 168 valence electrons. The Morgan fingerprint density at radius 1 is 1.06 bits per heavy atom. The molecule has 0 spiro atoms. The second-order valence-corrected chi connectivity index (χ2v) is 7.73. The van der Waals surface area contributed by atoms with Crippen LogP contribution in [0.15, 0.2) is 36.4 Å². The first kappa shape index (κ1) is 23.0. The zero-order valence-electron chi connectivity index (χ0n) is 17.6. The highest BCUT2D eigenvalue weighted by atomic mass is 19.1. The zero-order valence-corrected chi connectivity index (χ0v) is 17.6. The highest BCUT2D eigenvalue weighted by molar-refractivity contribution is 5.71. The van der Waals surface area contributed by atoms with E-state index in [0.29, 0.717) is 49.4 Å². The molecule has 0 radical (unpaired) electrons. The van der Waals surface area contributed by atoms with Gasteiger partial charge in [-0.3, -0.25) is 4.79 Å². The number of aryl methyl sites for hydroxylation is 2. The van der Waals surface area contributed by atoms with Crippen LogP contribution in [-0.4, -0.2) is 36.5 Å². The van der Waals surface area contributed by atoms with E-state index in [1.165, 1.54) is 24.3 Å². The van der Waals surface area contributed by atoms with Crippen LogP contribution in [0.2, 0.25) is 0 Å². The lowest BCUT2D eigenvalue weighted by Gasteiger charge is -2.27. The van der Waals surface area contributed by atoms with Crippen molar-refractivity contribution in [3.05, 3.63) is 59.2 Å². The SMILES string of the molecule is CCCc1cc(F)cc(CCCOc2ccc(F)cc2)c1OC[C@@H]1C[C@@H](O)CC(=O)O1. The third-order valence-electron chi connectivity index (χ3n) is 5.05.